The average molecular weight is 378 g/mol. The van der Waals surface area contributed by atoms with E-state index < -0.39 is 17.8 Å². The van der Waals surface area contributed by atoms with Crippen LogP contribution < -0.4 is 0 Å². The Bertz CT molecular complexity index is 979. The highest BCUT2D eigenvalue weighted by molar-refractivity contribution is 5.91. The number of hydrogen-bond donors (Lipinski definition) is 0. The number of ether oxygens (including phenoxy) is 1. The first-order valence-electron chi connectivity index (χ1n) is 8.21. The molecule has 0 aliphatic rings. The molecule has 6 nitrogen and oxygen atoms in total. The summed E-state index contributed by atoms with van der Waals surface area (Å²) in [7, 11) is 1.26. The molecule has 0 aliphatic carbocycles. The summed E-state index contributed by atoms with van der Waals surface area (Å²) in [6.07, 6.45) is -2.80. The van der Waals surface area contributed by atoms with Crippen molar-refractivity contribution in [1.29, 1.82) is 0 Å². The van der Waals surface area contributed by atoms with Gasteiger partial charge >= 0.3 is 12.1 Å². The maximum atomic E-state index is 12.7. The quantitative estimate of drug-likeness (QED) is 0.646. The summed E-state index contributed by atoms with van der Waals surface area (Å²) >= 11 is 0. The first-order chi connectivity index (χ1) is 12.7. The van der Waals surface area contributed by atoms with Crippen LogP contribution in [-0.2, 0) is 17.3 Å². The van der Waals surface area contributed by atoms with Crippen molar-refractivity contribution in [2.24, 2.45) is 5.92 Å². The summed E-state index contributed by atoms with van der Waals surface area (Å²) in [5.41, 5.74) is 1.25. The highest BCUT2D eigenvalue weighted by Crippen LogP contribution is 2.28. The summed E-state index contributed by atoms with van der Waals surface area (Å²) in [6.45, 7) is 4.02. The van der Waals surface area contributed by atoms with E-state index in [4.69, 9.17) is 4.74 Å². The molecule has 3 rings (SSSR count). The van der Waals surface area contributed by atoms with Crippen LogP contribution in [0.1, 0.15) is 35.7 Å². The fourth-order valence-electron chi connectivity index (χ4n) is 2.68. The van der Waals surface area contributed by atoms with Crippen LogP contribution in [0, 0.1) is 5.92 Å². The van der Waals surface area contributed by atoms with Crippen molar-refractivity contribution >= 4 is 17.0 Å². The third-order valence-corrected chi connectivity index (χ3v) is 3.88. The monoisotopic (exact) mass is 378 g/mol. The van der Waals surface area contributed by atoms with Crippen molar-refractivity contribution in [3.8, 4) is 5.69 Å². The molecule has 0 amide bonds. The minimum atomic E-state index is -4.51. The zero-order valence-corrected chi connectivity index (χ0v) is 14.9. The largest absolute Gasteiger partial charge is 0.464 e. The van der Waals surface area contributed by atoms with Gasteiger partial charge in [0.25, 0.3) is 0 Å². The van der Waals surface area contributed by atoms with Crippen molar-refractivity contribution < 1.29 is 22.7 Å². The predicted octanol–water partition coefficient (Wildman–Crippen LogP) is 3.82. The second-order valence-electron chi connectivity index (χ2n) is 6.41. The molecular formula is C18H17F3N4O2. The summed E-state index contributed by atoms with van der Waals surface area (Å²) in [5.74, 6) is -0.304. The zero-order chi connectivity index (χ0) is 19.8. The van der Waals surface area contributed by atoms with E-state index in [-0.39, 0.29) is 11.6 Å². The van der Waals surface area contributed by atoms with Crippen LogP contribution >= 0.6 is 0 Å². The molecule has 9 heteroatoms. The summed E-state index contributed by atoms with van der Waals surface area (Å²) < 4.78 is 44.4. The van der Waals surface area contributed by atoms with Gasteiger partial charge in [0, 0.05) is 0 Å². The van der Waals surface area contributed by atoms with Crippen LogP contribution in [0.3, 0.4) is 0 Å². The lowest BCUT2D eigenvalue weighted by Gasteiger charge is -2.07. The van der Waals surface area contributed by atoms with Crippen molar-refractivity contribution in [2.75, 3.05) is 7.11 Å². The maximum absolute atomic E-state index is 12.7. The Morgan fingerprint density at radius 3 is 2.52 bits per heavy atom. The molecule has 0 spiro atoms. The topological polar surface area (TPSA) is 69.9 Å². The number of rotatable bonds is 4. The number of carbonyl (C=O) groups is 1. The van der Waals surface area contributed by atoms with Crippen molar-refractivity contribution in [1.82, 2.24) is 19.7 Å². The van der Waals surface area contributed by atoms with E-state index in [1.807, 2.05) is 13.8 Å². The van der Waals surface area contributed by atoms with E-state index in [9.17, 15) is 18.0 Å². The lowest BCUT2D eigenvalue weighted by Crippen LogP contribution is -2.08. The smallest absolute Gasteiger partial charge is 0.433 e. The number of esters is 1. The predicted molar refractivity (Wildman–Crippen MR) is 91.5 cm³/mol. The van der Waals surface area contributed by atoms with Crippen LogP contribution in [0.15, 0.2) is 30.5 Å². The number of pyridine rings is 2. The van der Waals surface area contributed by atoms with E-state index in [2.05, 4.69) is 15.1 Å². The van der Waals surface area contributed by atoms with E-state index in [0.717, 1.165) is 12.3 Å². The Labute approximate surface area is 153 Å². The van der Waals surface area contributed by atoms with E-state index in [0.29, 0.717) is 28.8 Å². The summed E-state index contributed by atoms with van der Waals surface area (Å²) in [4.78, 5) is 19.6. The van der Waals surface area contributed by atoms with Gasteiger partial charge in [-0.2, -0.15) is 18.3 Å². The number of fused-ring (bicyclic) bond motifs is 1. The van der Waals surface area contributed by atoms with E-state index in [1.54, 1.807) is 6.07 Å². The summed E-state index contributed by atoms with van der Waals surface area (Å²) in [5, 5.41) is 4.50. The number of halogens is 3. The van der Waals surface area contributed by atoms with Crippen molar-refractivity contribution in [3.63, 3.8) is 0 Å². The molecule has 0 saturated carbocycles. The third-order valence-electron chi connectivity index (χ3n) is 3.88. The summed E-state index contributed by atoms with van der Waals surface area (Å²) in [6, 6.07) is 5.34. The van der Waals surface area contributed by atoms with Gasteiger partial charge in [-0.15, -0.1) is 0 Å². The molecule has 0 unspecified atom stereocenters. The first-order valence-corrected chi connectivity index (χ1v) is 8.21. The molecule has 27 heavy (non-hydrogen) atoms. The lowest BCUT2D eigenvalue weighted by atomic mass is 10.1. The molecule has 3 aromatic heterocycles. The van der Waals surface area contributed by atoms with Gasteiger partial charge in [0.05, 0.1) is 30.2 Å². The molecule has 0 fully saturated rings. The van der Waals surface area contributed by atoms with Crippen LogP contribution in [0.5, 0.6) is 0 Å². The number of hydrogen-bond acceptors (Lipinski definition) is 5. The van der Waals surface area contributed by atoms with Gasteiger partial charge < -0.3 is 4.74 Å². The normalized spacial score (nSPS) is 12.0. The van der Waals surface area contributed by atoms with Crippen LogP contribution in [-0.4, -0.2) is 32.8 Å². The number of nitrogens with zero attached hydrogens (tertiary/aromatic N) is 4. The minimum Gasteiger partial charge on any atom is -0.464 e. The van der Waals surface area contributed by atoms with Gasteiger partial charge in [-0.05, 0) is 36.6 Å². The zero-order valence-electron chi connectivity index (χ0n) is 14.9. The average Bonchev–Trinajstić information content (AvgIpc) is 2.97. The van der Waals surface area contributed by atoms with Crippen LogP contribution in [0.25, 0.3) is 16.7 Å². The Morgan fingerprint density at radius 2 is 1.96 bits per heavy atom. The molecular weight excluding hydrogens is 361 g/mol. The molecule has 142 valence electrons. The van der Waals surface area contributed by atoms with Gasteiger partial charge in [-0.25, -0.2) is 19.4 Å². The van der Waals surface area contributed by atoms with Gasteiger partial charge in [-0.1, -0.05) is 13.8 Å². The Kier molecular flexibility index (Phi) is 4.86. The fraction of sp³-hybridized carbons (Fsp3) is 0.333. The molecule has 0 atom stereocenters. The first kappa shape index (κ1) is 18.8. The molecule has 3 heterocycles. The second-order valence-corrected chi connectivity index (χ2v) is 6.41. The molecule has 0 radical (unpaired) electrons. The fourth-order valence-corrected chi connectivity index (χ4v) is 2.68. The van der Waals surface area contributed by atoms with Crippen molar-refractivity contribution in [3.05, 3.63) is 47.5 Å². The van der Waals surface area contributed by atoms with E-state index >= 15 is 0 Å². The Balaban J connectivity index is 2.14. The van der Waals surface area contributed by atoms with Crippen molar-refractivity contribution in [2.45, 2.75) is 26.4 Å². The minimum absolute atomic E-state index is 0.139. The molecule has 0 saturated heterocycles. The Hall–Kier alpha value is -2.97. The Morgan fingerprint density at radius 1 is 1.22 bits per heavy atom. The molecule has 0 bridgehead atoms. The van der Waals surface area contributed by atoms with Gasteiger partial charge in [0.2, 0.25) is 0 Å². The molecule has 0 aliphatic heterocycles. The highest BCUT2D eigenvalue weighted by atomic mass is 19.4. The van der Waals surface area contributed by atoms with Crippen LogP contribution in [0.2, 0.25) is 0 Å². The number of carbonyl (C=O) groups excluding carboxylic acids is 1. The third kappa shape index (κ3) is 3.76. The SMILES string of the molecule is COC(=O)c1ccc2c(n1)c(CC(C)C)nn2-c1ccc(C(F)(F)F)nc1. The van der Waals surface area contributed by atoms with Gasteiger partial charge in [-0.3, -0.25) is 0 Å². The highest BCUT2D eigenvalue weighted by Gasteiger charge is 2.32. The second kappa shape index (κ2) is 6.98. The number of aromatic nitrogens is 4. The number of methoxy groups -OCH3 is 1. The van der Waals surface area contributed by atoms with Gasteiger partial charge in [0.1, 0.15) is 16.9 Å². The molecule has 0 N–H and O–H groups in total. The van der Waals surface area contributed by atoms with E-state index in [1.165, 1.54) is 23.9 Å². The van der Waals surface area contributed by atoms with Crippen LogP contribution in [0.4, 0.5) is 13.2 Å². The standard InChI is InChI=1S/C18H17F3N4O2/c1-10(2)8-13-16-14(6-5-12(23-16)17(26)27-3)25(24-13)11-4-7-15(22-9-11)18(19,20)21/h4-7,9-10H,8H2,1-3H3. The molecule has 0 aromatic carbocycles. The number of alkyl halides is 3. The lowest BCUT2D eigenvalue weighted by molar-refractivity contribution is -0.141. The van der Waals surface area contributed by atoms with Gasteiger partial charge in [0.15, 0.2) is 0 Å². The maximum Gasteiger partial charge on any atom is 0.433 e. The molecule has 3 aromatic rings.